The fourth-order valence-corrected chi connectivity index (χ4v) is 1.60. The summed E-state index contributed by atoms with van der Waals surface area (Å²) < 4.78 is 5.07. The number of nitrogens with two attached hydrogens (primary N) is 2. The Hall–Kier alpha value is -2.50. The lowest BCUT2D eigenvalue weighted by atomic mass is 10.2. The van der Waals surface area contributed by atoms with E-state index in [4.69, 9.17) is 16.2 Å². The van der Waals surface area contributed by atoms with Gasteiger partial charge in [-0.3, -0.25) is 9.79 Å². The number of hydrogen-bond acceptors (Lipinski definition) is 3. The van der Waals surface area contributed by atoms with Crippen LogP contribution in [0.1, 0.15) is 18.4 Å². The zero-order valence-corrected chi connectivity index (χ0v) is 12.2. The van der Waals surface area contributed by atoms with Crippen LogP contribution in [-0.2, 0) is 4.79 Å². The molecule has 0 spiro atoms. The number of amides is 1. The van der Waals surface area contributed by atoms with Gasteiger partial charge in [-0.2, -0.15) is 0 Å². The number of aliphatic imine (C=N–C) groups is 1. The normalized spacial score (nSPS) is 10.3. The molecule has 0 unspecified atom stereocenters. The summed E-state index contributed by atoms with van der Waals surface area (Å²) in [7, 11) is 1.62. The molecule has 0 fully saturated rings. The minimum atomic E-state index is -0.118. The van der Waals surface area contributed by atoms with E-state index in [1.165, 1.54) is 6.08 Å². The molecule has 1 amide bonds. The van der Waals surface area contributed by atoms with Crippen molar-refractivity contribution in [3.8, 4) is 5.75 Å². The smallest absolute Gasteiger partial charge is 0.243 e. The average molecular weight is 290 g/mol. The van der Waals surface area contributed by atoms with Crippen LogP contribution in [0.2, 0.25) is 0 Å². The van der Waals surface area contributed by atoms with E-state index in [0.717, 1.165) is 24.2 Å². The van der Waals surface area contributed by atoms with Gasteiger partial charge in [-0.15, -0.1) is 0 Å². The molecular weight excluding hydrogens is 268 g/mol. The van der Waals surface area contributed by atoms with Gasteiger partial charge in [0.25, 0.3) is 0 Å². The van der Waals surface area contributed by atoms with E-state index >= 15 is 0 Å². The second kappa shape index (κ2) is 9.41. The van der Waals surface area contributed by atoms with E-state index in [2.05, 4.69) is 10.3 Å². The zero-order chi connectivity index (χ0) is 15.5. The van der Waals surface area contributed by atoms with Crippen LogP contribution in [0.4, 0.5) is 0 Å². The summed E-state index contributed by atoms with van der Waals surface area (Å²) in [4.78, 5) is 15.5. The Kier molecular flexibility index (Phi) is 7.42. The zero-order valence-electron chi connectivity index (χ0n) is 12.2. The van der Waals surface area contributed by atoms with Crippen molar-refractivity contribution in [1.82, 2.24) is 5.32 Å². The van der Waals surface area contributed by atoms with Gasteiger partial charge in [0, 0.05) is 19.2 Å². The third-order valence-electron chi connectivity index (χ3n) is 2.72. The molecule has 114 valence electrons. The average Bonchev–Trinajstić information content (AvgIpc) is 2.49. The lowest BCUT2D eigenvalue weighted by molar-refractivity contribution is -0.116. The van der Waals surface area contributed by atoms with Gasteiger partial charge in [-0.1, -0.05) is 12.1 Å². The fraction of sp³-hybridized carbons (Fsp3) is 0.333. The lowest BCUT2D eigenvalue weighted by Gasteiger charge is -2.01. The van der Waals surface area contributed by atoms with Gasteiger partial charge in [0.05, 0.1) is 7.11 Å². The second-order valence-corrected chi connectivity index (χ2v) is 4.41. The van der Waals surface area contributed by atoms with Crippen LogP contribution >= 0.6 is 0 Å². The van der Waals surface area contributed by atoms with E-state index in [1.54, 1.807) is 13.2 Å². The number of rotatable bonds is 8. The van der Waals surface area contributed by atoms with Crippen molar-refractivity contribution in [2.75, 3.05) is 20.2 Å². The molecule has 0 bridgehead atoms. The van der Waals surface area contributed by atoms with Crippen LogP contribution in [0, 0.1) is 0 Å². The maximum atomic E-state index is 11.6. The number of carbonyl (C=O) groups excluding carboxylic acids is 1. The van der Waals surface area contributed by atoms with Crippen LogP contribution in [0.5, 0.6) is 5.75 Å². The number of carbonyl (C=O) groups is 1. The molecular formula is C15H22N4O2. The van der Waals surface area contributed by atoms with Crippen LogP contribution in [0.3, 0.4) is 0 Å². The highest BCUT2D eigenvalue weighted by atomic mass is 16.5. The van der Waals surface area contributed by atoms with Gasteiger partial charge >= 0.3 is 0 Å². The molecule has 21 heavy (non-hydrogen) atoms. The number of nitrogens with zero attached hydrogens (tertiary/aromatic N) is 1. The molecule has 0 saturated heterocycles. The molecule has 1 aromatic rings. The van der Waals surface area contributed by atoms with Crippen LogP contribution in [-0.4, -0.2) is 32.1 Å². The molecule has 0 aliphatic heterocycles. The van der Waals surface area contributed by atoms with E-state index in [9.17, 15) is 4.79 Å². The number of hydrogen-bond donors (Lipinski definition) is 3. The Morgan fingerprint density at radius 2 is 2.00 bits per heavy atom. The number of unbranched alkanes of at least 4 members (excludes halogenated alkanes) is 1. The van der Waals surface area contributed by atoms with Gasteiger partial charge in [0.2, 0.25) is 5.91 Å². The first-order valence-electron chi connectivity index (χ1n) is 6.77. The third-order valence-corrected chi connectivity index (χ3v) is 2.72. The maximum Gasteiger partial charge on any atom is 0.243 e. The van der Waals surface area contributed by atoms with E-state index in [1.807, 2.05) is 24.3 Å². The SMILES string of the molecule is COc1ccc(/C=C\C(=O)NCCCCN=C(N)N)cc1. The predicted octanol–water partition coefficient (Wildman–Crippen LogP) is 0.878. The van der Waals surface area contributed by atoms with E-state index < -0.39 is 0 Å². The molecule has 0 heterocycles. The van der Waals surface area contributed by atoms with Crippen molar-refractivity contribution in [3.63, 3.8) is 0 Å². The van der Waals surface area contributed by atoms with E-state index in [0.29, 0.717) is 13.1 Å². The lowest BCUT2D eigenvalue weighted by Crippen LogP contribution is -2.24. The van der Waals surface area contributed by atoms with Crippen molar-refractivity contribution in [1.29, 1.82) is 0 Å². The molecule has 0 saturated carbocycles. The van der Waals surface area contributed by atoms with Crippen molar-refractivity contribution in [2.45, 2.75) is 12.8 Å². The largest absolute Gasteiger partial charge is 0.497 e. The number of guanidine groups is 1. The Bertz CT molecular complexity index is 491. The third kappa shape index (κ3) is 7.61. The number of methoxy groups -OCH3 is 1. The van der Waals surface area contributed by atoms with Gasteiger partial charge in [0.15, 0.2) is 5.96 Å². The molecule has 1 aromatic carbocycles. The van der Waals surface area contributed by atoms with Crippen LogP contribution in [0.25, 0.3) is 6.08 Å². The Morgan fingerprint density at radius 3 is 2.62 bits per heavy atom. The summed E-state index contributed by atoms with van der Waals surface area (Å²) in [5.41, 5.74) is 11.4. The topological polar surface area (TPSA) is 103 Å². The fourth-order valence-electron chi connectivity index (χ4n) is 1.60. The molecule has 0 radical (unpaired) electrons. The minimum absolute atomic E-state index is 0.0986. The monoisotopic (exact) mass is 290 g/mol. The molecule has 6 heteroatoms. The summed E-state index contributed by atoms with van der Waals surface area (Å²) in [6.45, 7) is 1.19. The summed E-state index contributed by atoms with van der Waals surface area (Å²) in [6.07, 6.45) is 4.94. The quantitative estimate of drug-likeness (QED) is 0.286. The molecule has 5 N–H and O–H groups in total. The summed E-state index contributed by atoms with van der Waals surface area (Å²) in [5.74, 6) is 0.770. The van der Waals surface area contributed by atoms with Gasteiger partial charge in [-0.25, -0.2) is 0 Å². The number of nitrogens with one attached hydrogen (secondary N) is 1. The first-order chi connectivity index (χ1) is 10.1. The molecule has 6 nitrogen and oxygen atoms in total. The van der Waals surface area contributed by atoms with Crippen molar-refractivity contribution in [2.24, 2.45) is 16.5 Å². The number of ether oxygens (including phenoxy) is 1. The number of benzene rings is 1. The van der Waals surface area contributed by atoms with Gasteiger partial charge in [0.1, 0.15) is 5.75 Å². The van der Waals surface area contributed by atoms with Gasteiger partial charge in [-0.05, 0) is 36.6 Å². The molecule has 0 aliphatic rings. The van der Waals surface area contributed by atoms with Crippen molar-refractivity contribution < 1.29 is 9.53 Å². The summed E-state index contributed by atoms with van der Waals surface area (Å²) in [6, 6.07) is 7.47. The Balaban J connectivity index is 2.23. The highest BCUT2D eigenvalue weighted by Crippen LogP contribution is 2.12. The summed E-state index contributed by atoms with van der Waals surface area (Å²) in [5, 5.41) is 2.80. The Morgan fingerprint density at radius 1 is 1.29 bits per heavy atom. The van der Waals surface area contributed by atoms with Crippen molar-refractivity contribution >= 4 is 17.9 Å². The van der Waals surface area contributed by atoms with Crippen LogP contribution in [0.15, 0.2) is 35.3 Å². The summed E-state index contributed by atoms with van der Waals surface area (Å²) >= 11 is 0. The molecule has 1 rings (SSSR count). The van der Waals surface area contributed by atoms with Crippen molar-refractivity contribution in [3.05, 3.63) is 35.9 Å². The van der Waals surface area contributed by atoms with E-state index in [-0.39, 0.29) is 11.9 Å². The highest BCUT2D eigenvalue weighted by molar-refractivity contribution is 5.91. The first-order valence-corrected chi connectivity index (χ1v) is 6.77. The second-order valence-electron chi connectivity index (χ2n) is 4.41. The predicted molar refractivity (Wildman–Crippen MR) is 84.9 cm³/mol. The van der Waals surface area contributed by atoms with Gasteiger partial charge < -0.3 is 21.5 Å². The first kappa shape index (κ1) is 16.6. The standard InChI is InChI=1S/C15H22N4O2/c1-21-13-7-4-12(5-8-13)6-9-14(20)18-10-2-3-11-19-15(16)17/h4-9H,2-3,10-11H2,1H3,(H,18,20)(H4,16,17,19)/b9-6-. The maximum absolute atomic E-state index is 11.6. The molecule has 0 atom stereocenters. The minimum Gasteiger partial charge on any atom is -0.497 e. The highest BCUT2D eigenvalue weighted by Gasteiger charge is 1.95. The Labute approximate surface area is 124 Å². The van der Waals surface area contributed by atoms with Crippen LogP contribution < -0.4 is 21.5 Å². The molecule has 0 aliphatic carbocycles. The molecule has 0 aromatic heterocycles.